The maximum absolute atomic E-state index is 12.4. The second kappa shape index (κ2) is 7.60. The van der Waals surface area contributed by atoms with E-state index in [1.165, 1.54) is 17.8 Å². The molecule has 5 nitrogen and oxygen atoms in total. The monoisotopic (exact) mass is 437 g/mol. The predicted octanol–water partition coefficient (Wildman–Crippen LogP) is 3.70. The van der Waals surface area contributed by atoms with Crippen LogP contribution in [-0.2, 0) is 0 Å². The largest absolute Gasteiger partial charge is 0.409 e. The van der Waals surface area contributed by atoms with E-state index >= 15 is 0 Å². The number of nitrogens with two attached hydrogens (primary N) is 1. The molecular formula is C13H17Br2N3O2S. The second-order valence-corrected chi connectivity index (χ2v) is 8.86. The number of nitrogens with zero attached hydrogens (tertiary/aromatic N) is 1. The summed E-state index contributed by atoms with van der Waals surface area (Å²) in [6, 6.07) is 1.34. The normalized spacial score (nSPS) is 18.5. The van der Waals surface area contributed by atoms with Crippen LogP contribution >= 0.6 is 43.2 Å². The van der Waals surface area contributed by atoms with Gasteiger partial charge in [0.05, 0.1) is 19.2 Å². The number of amides is 1. The van der Waals surface area contributed by atoms with E-state index in [-0.39, 0.29) is 17.7 Å². The van der Waals surface area contributed by atoms with Crippen LogP contribution in [0, 0.1) is 5.92 Å². The van der Waals surface area contributed by atoms with Gasteiger partial charge in [-0.15, -0.1) is 11.3 Å². The van der Waals surface area contributed by atoms with Gasteiger partial charge >= 0.3 is 0 Å². The van der Waals surface area contributed by atoms with Crippen molar-refractivity contribution in [1.82, 2.24) is 5.32 Å². The average Bonchev–Trinajstić information content (AvgIpc) is 2.83. The molecule has 1 aromatic heterocycles. The topological polar surface area (TPSA) is 87.7 Å². The molecule has 1 unspecified atom stereocenters. The quantitative estimate of drug-likeness (QED) is 0.290. The zero-order valence-electron chi connectivity index (χ0n) is 11.3. The lowest BCUT2D eigenvalue weighted by Crippen LogP contribution is -2.49. The van der Waals surface area contributed by atoms with Gasteiger partial charge in [-0.2, -0.15) is 0 Å². The van der Waals surface area contributed by atoms with E-state index in [9.17, 15) is 4.79 Å². The first kappa shape index (κ1) is 16.8. The number of hydrogen-bond acceptors (Lipinski definition) is 4. The van der Waals surface area contributed by atoms with Crippen molar-refractivity contribution < 1.29 is 10.0 Å². The molecule has 1 atom stereocenters. The summed E-state index contributed by atoms with van der Waals surface area (Å²) in [4.78, 5) is 12.4. The lowest BCUT2D eigenvalue weighted by atomic mass is 9.83. The van der Waals surface area contributed by atoms with Gasteiger partial charge in [-0.05, 0) is 56.7 Å². The summed E-state index contributed by atoms with van der Waals surface area (Å²) in [7, 11) is 0. The van der Waals surface area contributed by atoms with E-state index in [2.05, 4.69) is 42.3 Å². The molecule has 1 fully saturated rings. The van der Waals surface area contributed by atoms with Crippen LogP contribution in [0.2, 0.25) is 0 Å². The summed E-state index contributed by atoms with van der Waals surface area (Å²) in [5.41, 5.74) is 6.34. The van der Waals surface area contributed by atoms with Crippen LogP contribution in [0.4, 0.5) is 0 Å². The first-order valence-corrected chi connectivity index (χ1v) is 9.16. The van der Waals surface area contributed by atoms with Crippen LogP contribution in [0.25, 0.3) is 0 Å². The van der Waals surface area contributed by atoms with Crippen LogP contribution < -0.4 is 11.1 Å². The molecule has 0 saturated heterocycles. The minimum atomic E-state index is -0.423. The number of thiophene rings is 1. The zero-order valence-corrected chi connectivity index (χ0v) is 15.3. The van der Waals surface area contributed by atoms with E-state index in [0.717, 1.165) is 33.3 Å². The number of rotatable bonds is 4. The smallest absolute Gasteiger partial charge is 0.253 e. The first-order valence-electron chi connectivity index (χ1n) is 6.76. The van der Waals surface area contributed by atoms with E-state index in [4.69, 9.17) is 10.9 Å². The molecule has 0 aromatic carbocycles. The number of halogens is 2. The van der Waals surface area contributed by atoms with Gasteiger partial charge in [0.15, 0.2) is 5.84 Å². The molecule has 1 aliphatic carbocycles. The summed E-state index contributed by atoms with van der Waals surface area (Å²) in [5.74, 6) is 0.0751. The molecule has 0 spiro atoms. The van der Waals surface area contributed by atoms with Crippen molar-refractivity contribution in [3.05, 3.63) is 19.2 Å². The molecule has 1 aromatic rings. The minimum absolute atomic E-state index is 0.0701. The Balaban J connectivity index is 2.14. The van der Waals surface area contributed by atoms with Gasteiger partial charge < -0.3 is 16.3 Å². The Morgan fingerprint density at radius 1 is 1.43 bits per heavy atom. The highest BCUT2D eigenvalue weighted by atomic mass is 79.9. The number of hydrogen-bond donors (Lipinski definition) is 3. The molecule has 1 amide bonds. The van der Waals surface area contributed by atoms with Crippen molar-refractivity contribution in [2.75, 3.05) is 0 Å². The summed E-state index contributed by atoms with van der Waals surface area (Å²) in [6.07, 6.45) is 5.40. The number of carbonyl (C=O) groups excluding carboxylic acids is 1. The molecule has 1 saturated carbocycles. The molecule has 21 heavy (non-hydrogen) atoms. The van der Waals surface area contributed by atoms with Crippen molar-refractivity contribution >= 4 is 54.9 Å². The van der Waals surface area contributed by atoms with E-state index in [0.29, 0.717) is 5.56 Å². The number of amidine groups is 1. The van der Waals surface area contributed by atoms with Gasteiger partial charge in [0, 0.05) is 0 Å². The van der Waals surface area contributed by atoms with Crippen LogP contribution in [0.5, 0.6) is 0 Å². The molecule has 2 rings (SSSR count). The van der Waals surface area contributed by atoms with Crippen molar-refractivity contribution in [2.45, 2.75) is 38.1 Å². The predicted molar refractivity (Wildman–Crippen MR) is 91.0 cm³/mol. The molecule has 0 bridgehead atoms. The highest BCUT2D eigenvalue weighted by Gasteiger charge is 2.29. The Hall–Kier alpha value is -0.600. The highest BCUT2D eigenvalue weighted by Crippen LogP contribution is 2.32. The van der Waals surface area contributed by atoms with Gasteiger partial charge in [-0.3, -0.25) is 4.79 Å². The second-order valence-electron chi connectivity index (χ2n) is 5.11. The number of nitrogens with one attached hydrogen (secondary N) is 1. The van der Waals surface area contributed by atoms with Gasteiger partial charge in [-0.25, -0.2) is 0 Å². The van der Waals surface area contributed by atoms with Gasteiger partial charge in [-0.1, -0.05) is 24.4 Å². The standard InChI is InChI=1S/C13H17Br2N3O2S/c14-9-6-8(11(15)21-9)13(19)17-10(12(16)18-20)7-4-2-1-3-5-7/h6-7,10,20H,1-5H2,(H2,16,18)(H,17,19). The maximum atomic E-state index is 12.4. The van der Waals surface area contributed by atoms with Crippen LogP contribution in [-0.4, -0.2) is 23.0 Å². The lowest BCUT2D eigenvalue weighted by Gasteiger charge is -2.29. The lowest BCUT2D eigenvalue weighted by molar-refractivity contribution is 0.0930. The number of oxime groups is 1. The van der Waals surface area contributed by atoms with Crippen molar-refractivity contribution in [3.63, 3.8) is 0 Å². The summed E-state index contributed by atoms with van der Waals surface area (Å²) >= 11 is 8.17. The first-order chi connectivity index (χ1) is 10.0. The van der Waals surface area contributed by atoms with Crippen LogP contribution in [0.3, 0.4) is 0 Å². The Bertz CT molecular complexity index is 542. The summed E-state index contributed by atoms with van der Waals surface area (Å²) in [5, 5.41) is 15.0. The van der Waals surface area contributed by atoms with Crippen LogP contribution in [0.1, 0.15) is 42.5 Å². The summed E-state index contributed by atoms with van der Waals surface area (Å²) < 4.78 is 1.63. The molecule has 4 N–H and O–H groups in total. The van der Waals surface area contributed by atoms with E-state index < -0.39 is 6.04 Å². The Morgan fingerprint density at radius 2 is 2.10 bits per heavy atom. The van der Waals surface area contributed by atoms with Crippen LogP contribution in [0.15, 0.2) is 18.8 Å². The third-order valence-electron chi connectivity index (χ3n) is 3.74. The molecule has 116 valence electrons. The van der Waals surface area contributed by atoms with Gasteiger partial charge in [0.1, 0.15) is 0 Å². The van der Waals surface area contributed by atoms with E-state index in [1.54, 1.807) is 6.07 Å². The Morgan fingerprint density at radius 3 is 2.62 bits per heavy atom. The molecule has 0 aliphatic heterocycles. The Labute approximate surface area is 144 Å². The highest BCUT2D eigenvalue weighted by molar-refractivity contribution is 9.12. The molecule has 0 radical (unpaired) electrons. The fraction of sp³-hybridized carbons (Fsp3) is 0.538. The van der Waals surface area contributed by atoms with Gasteiger partial charge in [0.2, 0.25) is 0 Å². The molecular weight excluding hydrogens is 422 g/mol. The SMILES string of the molecule is N/C(=N/O)C(NC(=O)c1cc(Br)sc1Br)C1CCCCC1. The maximum Gasteiger partial charge on any atom is 0.253 e. The third kappa shape index (κ3) is 4.20. The molecule has 1 aliphatic rings. The van der Waals surface area contributed by atoms with Crippen molar-refractivity contribution in [2.24, 2.45) is 16.8 Å². The average molecular weight is 439 g/mol. The molecule has 1 heterocycles. The minimum Gasteiger partial charge on any atom is -0.409 e. The van der Waals surface area contributed by atoms with Crippen molar-refractivity contribution in [3.8, 4) is 0 Å². The zero-order chi connectivity index (χ0) is 15.4. The Kier molecular flexibility index (Phi) is 6.07. The number of carbonyl (C=O) groups is 1. The molecule has 8 heteroatoms. The van der Waals surface area contributed by atoms with E-state index in [1.807, 2.05) is 0 Å². The third-order valence-corrected chi connectivity index (χ3v) is 6.08. The summed E-state index contributed by atoms with van der Waals surface area (Å²) in [6.45, 7) is 0. The fourth-order valence-electron chi connectivity index (χ4n) is 2.68. The fourth-order valence-corrected chi connectivity index (χ4v) is 5.47. The van der Waals surface area contributed by atoms with Gasteiger partial charge in [0.25, 0.3) is 5.91 Å². The van der Waals surface area contributed by atoms with Crippen molar-refractivity contribution in [1.29, 1.82) is 0 Å².